The van der Waals surface area contributed by atoms with Crippen molar-refractivity contribution in [2.75, 3.05) is 0 Å². The van der Waals surface area contributed by atoms with E-state index in [0.717, 1.165) is 0 Å². The number of rotatable bonds is 3. The van der Waals surface area contributed by atoms with Crippen LogP contribution in [0, 0.1) is 10.1 Å². The molecule has 10 heteroatoms. The van der Waals surface area contributed by atoms with Crippen molar-refractivity contribution >= 4 is 5.69 Å². The molecule has 0 atom stereocenters. The minimum atomic E-state index is -5.03. The van der Waals surface area contributed by atoms with Crippen LogP contribution < -0.4 is 0 Å². The average molecular weight is 272 g/mol. The Kier molecular flexibility index (Phi) is 3.79. The number of alkyl halides is 5. The summed E-state index contributed by atoms with van der Waals surface area (Å²) >= 11 is 0. The SMILES string of the molecule is O=[N+]([O-])c1cc(C(F)(F)F)c(CO)nc1C(F)F. The fraction of sp³-hybridized carbons (Fsp3) is 0.375. The lowest BCUT2D eigenvalue weighted by molar-refractivity contribution is -0.386. The third-order valence-electron chi connectivity index (χ3n) is 1.97. The summed E-state index contributed by atoms with van der Waals surface area (Å²) in [5.41, 5.74) is -5.53. The molecule has 1 aromatic heterocycles. The number of hydrogen-bond acceptors (Lipinski definition) is 4. The van der Waals surface area contributed by atoms with Crippen molar-refractivity contribution in [3.05, 3.63) is 33.1 Å². The lowest BCUT2D eigenvalue weighted by atomic mass is 10.1. The van der Waals surface area contributed by atoms with Crippen LogP contribution in [0.1, 0.15) is 23.4 Å². The second-order valence-corrected chi connectivity index (χ2v) is 3.10. The van der Waals surface area contributed by atoms with Crippen LogP contribution in [0.2, 0.25) is 0 Å². The molecule has 5 nitrogen and oxygen atoms in total. The predicted octanol–water partition coefficient (Wildman–Crippen LogP) is 2.44. The van der Waals surface area contributed by atoms with E-state index in [-0.39, 0.29) is 6.07 Å². The molecule has 0 saturated carbocycles. The van der Waals surface area contributed by atoms with Gasteiger partial charge in [-0.3, -0.25) is 10.1 Å². The molecule has 0 aliphatic heterocycles. The van der Waals surface area contributed by atoms with Crippen molar-refractivity contribution < 1.29 is 32.0 Å². The van der Waals surface area contributed by atoms with Gasteiger partial charge >= 0.3 is 6.18 Å². The highest BCUT2D eigenvalue weighted by Crippen LogP contribution is 2.37. The number of halogens is 5. The van der Waals surface area contributed by atoms with Crippen LogP contribution in [0.4, 0.5) is 27.6 Å². The van der Waals surface area contributed by atoms with Crippen molar-refractivity contribution in [3.8, 4) is 0 Å². The van der Waals surface area contributed by atoms with Crippen LogP contribution in [0.5, 0.6) is 0 Å². The predicted molar refractivity (Wildman–Crippen MR) is 46.8 cm³/mol. The summed E-state index contributed by atoms with van der Waals surface area (Å²) in [6, 6.07) is -0.0555. The van der Waals surface area contributed by atoms with Crippen molar-refractivity contribution in [1.29, 1.82) is 0 Å². The highest BCUT2D eigenvalue weighted by Gasteiger charge is 2.38. The van der Waals surface area contributed by atoms with Gasteiger partial charge in [-0.2, -0.15) is 13.2 Å². The zero-order valence-electron chi connectivity index (χ0n) is 8.41. The fourth-order valence-corrected chi connectivity index (χ4v) is 1.23. The van der Waals surface area contributed by atoms with E-state index in [0.29, 0.717) is 0 Å². The summed E-state index contributed by atoms with van der Waals surface area (Å²) in [5.74, 6) is 0. The molecule has 0 amide bonds. The standard InChI is InChI=1S/C8H5F5N2O3/c9-7(10)6-5(15(17)18)1-3(8(11,12)13)4(2-16)14-6/h1,7,16H,2H2. The minimum Gasteiger partial charge on any atom is -0.390 e. The number of aromatic nitrogens is 1. The van der Waals surface area contributed by atoms with E-state index in [1.54, 1.807) is 0 Å². The zero-order chi connectivity index (χ0) is 14.1. The first kappa shape index (κ1) is 14.2. The van der Waals surface area contributed by atoms with Gasteiger partial charge in [0.15, 0.2) is 5.69 Å². The van der Waals surface area contributed by atoms with Gasteiger partial charge in [-0.05, 0) is 0 Å². The van der Waals surface area contributed by atoms with Crippen LogP contribution >= 0.6 is 0 Å². The van der Waals surface area contributed by atoms with Crippen molar-refractivity contribution in [2.24, 2.45) is 0 Å². The van der Waals surface area contributed by atoms with Gasteiger partial charge in [0.2, 0.25) is 0 Å². The Morgan fingerprint density at radius 3 is 2.33 bits per heavy atom. The van der Waals surface area contributed by atoms with Gasteiger partial charge in [0.05, 0.1) is 22.8 Å². The maximum atomic E-state index is 12.5. The number of hydrogen-bond donors (Lipinski definition) is 1. The highest BCUT2D eigenvalue weighted by molar-refractivity contribution is 5.43. The molecule has 0 fully saturated rings. The molecule has 1 N–H and O–H groups in total. The fourth-order valence-electron chi connectivity index (χ4n) is 1.23. The molecule has 1 heterocycles. The number of aliphatic hydroxyl groups is 1. The topological polar surface area (TPSA) is 76.3 Å². The van der Waals surface area contributed by atoms with E-state index in [9.17, 15) is 32.1 Å². The Hall–Kier alpha value is -1.84. The summed E-state index contributed by atoms with van der Waals surface area (Å²) in [7, 11) is 0. The lowest BCUT2D eigenvalue weighted by Crippen LogP contribution is -2.14. The van der Waals surface area contributed by atoms with Crippen LogP contribution in [0.25, 0.3) is 0 Å². The summed E-state index contributed by atoms with van der Waals surface area (Å²) in [6.45, 7) is -1.26. The maximum Gasteiger partial charge on any atom is 0.418 e. The normalized spacial score (nSPS) is 11.9. The molecule has 0 aromatic carbocycles. The third kappa shape index (κ3) is 2.70. The lowest BCUT2D eigenvalue weighted by Gasteiger charge is -2.12. The molecule has 1 rings (SSSR count). The maximum absolute atomic E-state index is 12.5. The molecule has 0 radical (unpaired) electrons. The molecular weight excluding hydrogens is 267 g/mol. The smallest absolute Gasteiger partial charge is 0.390 e. The van der Waals surface area contributed by atoms with Crippen molar-refractivity contribution in [1.82, 2.24) is 4.98 Å². The molecular formula is C8H5F5N2O3. The largest absolute Gasteiger partial charge is 0.418 e. The van der Waals surface area contributed by atoms with Gasteiger partial charge in [-0.1, -0.05) is 0 Å². The van der Waals surface area contributed by atoms with Gasteiger partial charge < -0.3 is 5.11 Å². The monoisotopic (exact) mass is 272 g/mol. The van der Waals surface area contributed by atoms with Gasteiger partial charge in [0, 0.05) is 6.07 Å². The summed E-state index contributed by atoms with van der Waals surface area (Å²) < 4.78 is 62.2. The molecule has 0 spiro atoms. The van der Waals surface area contributed by atoms with Crippen LogP contribution in [-0.2, 0) is 12.8 Å². The molecule has 0 aliphatic rings. The Morgan fingerprint density at radius 2 is 2.00 bits per heavy atom. The number of nitrogens with zero attached hydrogens (tertiary/aromatic N) is 2. The first-order valence-electron chi connectivity index (χ1n) is 4.33. The van der Waals surface area contributed by atoms with Crippen LogP contribution in [0.15, 0.2) is 6.07 Å². The van der Waals surface area contributed by atoms with Crippen molar-refractivity contribution in [3.63, 3.8) is 0 Å². The molecule has 0 bridgehead atoms. The Bertz CT molecular complexity index is 475. The summed E-state index contributed by atoms with van der Waals surface area (Å²) in [6.07, 6.45) is -8.45. The molecule has 0 saturated heterocycles. The zero-order valence-corrected chi connectivity index (χ0v) is 8.41. The Morgan fingerprint density at radius 1 is 1.44 bits per heavy atom. The van der Waals surface area contributed by atoms with E-state index in [1.165, 1.54) is 0 Å². The van der Waals surface area contributed by atoms with Gasteiger partial charge in [0.25, 0.3) is 12.1 Å². The summed E-state index contributed by atoms with van der Waals surface area (Å²) in [4.78, 5) is 11.8. The van der Waals surface area contributed by atoms with Crippen LogP contribution in [0.3, 0.4) is 0 Å². The van der Waals surface area contributed by atoms with E-state index in [1.807, 2.05) is 0 Å². The highest BCUT2D eigenvalue weighted by atomic mass is 19.4. The van der Waals surface area contributed by atoms with Gasteiger partial charge in [-0.25, -0.2) is 13.8 Å². The molecule has 18 heavy (non-hydrogen) atoms. The number of aliphatic hydroxyl groups excluding tert-OH is 1. The van der Waals surface area contributed by atoms with E-state index < -0.39 is 46.8 Å². The average Bonchev–Trinajstić information content (AvgIpc) is 2.25. The van der Waals surface area contributed by atoms with Gasteiger partial charge in [0.1, 0.15) is 0 Å². The van der Waals surface area contributed by atoms with E-state index in [2.05, 4.69) is 4.98 Å². The quantitative estimate of drug-likeness (QED) is 0.521. The van der Waals surface area contributed by atoms with Crippen molar-refractivity contribution in [2.45, 2.75) is 19.2 Å². The number of pyridine rings is 1. The summed E-state index contributed by atoms with van der Waals surface area (Å²) in [5, 5.41) is 19.0. The van der Waals surface area contributed by atoms with Crippen LogP contribution in [-0.4, -0.2) is 15.0 Å². The molecule has 0 aliphatic carbocycles. The first-order valence-corrected chi connectivity index (χ1v) is 4.33. The Balaban J connectivity index is 3.57. The molecule has 0 unspecified atom stereocenters. The Labute approximate surface area is 96.0 Å². The second kappa shape index (κ2) is 4.80. The van der Waals surface area contributed by atoms with Gasteiger partial charge in [-0.15, -0.1) is 0 Å². The third-order valence-corrected chi connectivity index (χ3v) is 1.97. The van der Waals surface area contributed by atoms with E-state index in [4.69, 9.17) is 5.11 Å². The molecule has 1 aromatic rings. The molecule has 100 valence electrons. The second-order valence-electron chi connectivity index (χ2n) is 3.10. The van der Waals surface area contributed by atoms with E-state index >= 15 is 0 Å². The minimum absolute atomic E-state index is 0.0555. The first-order chi connectivity index (χ1) is 8.18. The number of nitro groups is 1.